The highest BCUT2D eigenvalue weighted by molar-refractivity contribution is 4.72. The first-order valence-electron chi connectivity index (χ1n) is 6.87. The van der Waals surface area contributed by atoms with Crippen molar-refractivity contribution in [1.82, 2.24) is 10.2 Å². The van der Waals surface area contributed by atoms with Crippen LogP contribution in [0, 0.1) is 5.92 Å². The van der Waals surface area contributed by atoms with Crippen molar-refractivity contribution in [2.45, 2.75) is 19.8 Å². The molecule has 1 saturated carbocycles. The number of likely N-dealkylation sites (N-methyl/N-ethyl adjacent to an activating group) is 1. The summed E-state index contributed by atoms with van der Waals surface area (Å²) >= 11 is 0. The van der Waals surface area contributed by atoms with Crippen LogP contribution in [0.3, 0.4) is 0 Å². The van der Waals surface area contributed by atoms with Crippen LogP contribution in [0.4, 0.5) is 0 Å². The molecule has 1 aliphatic rings. The molecule has 0 aliphatic heterocycles. The summed E-state index contributed by atoms with van der Waals surface area (Å²) in [6.07, 6.45) is 2.75. The van der Waals surface area contributed by atoms with Crippen LogP contribution in [0.25, 0.3) is 0 Å². The summed E-state index contributed by atoms with van der Waals surface area (Å²) in [6.45, 7) is 9.54. The van der Waals surface area contributed by atoms with Crippen LogP contribution in [0.15, 0.2) is 0 Å². The third-order valence-electron chi connectivity index (χ3n) is 2.97. The Hall–Kier alpha value is -0.160. The Morgan fingerprint density at radius 3 is 2.65 bits per heavy atom. The summed E-state index contributed by atoms with van der Waals surface area (Å²) in [5.41, 5.74) is 0. The van der Waals surface area contributed by atoms with Crippen LogP contribution in [0.5, 0.6) is 0 Å². The lowest BCUT2D eigenvalue weighted by atomic mass is 10.4. The third-order valence-corrected chi connectivity index (χ3v) is 2.97. The van der Waals surface area contributed by atoms with Crippen molar-refractivity contribution in [3.63, 3.8) is 0 Å². The second kappa shape index (κ2) is 9.83. The molecule has 1 aliphatic carbocycles. The van der Waals surface area contributed by atoms with Crippen LogP contribution < -0.4 is 5.32 Å². The van der Waals surface area contributed by atoms with Gasteiger partial charge in [-0.25, -0.2) is 0 Å². The number of hydrogen-bond donors (Lipinski definition) is 1. The van der Waals surface area contributed by atoms with E-state index in [4.69, 9.17) is 9.47 Å². The molecule has 1 fully saturated rings. The lowest BCUT2D eigenvalue weighted by Crippen LogP contribution is -2.33. The van der Waals surface area contributed by atoms with Gasteiger partial charge in [0.2, 0.25) is 0 Å². The zero-order valence-corrected chi connectivity index (χ0v) is 11.4. The molecular weight excluding hydrogens is 216 g/mol. The third kappa shape index (κ3) is 9.53. The van der Waals surface area contributed by atoms with Gasteiger partial charge >= 0.3 is 0 Å². The molecule has 1 rings (SSSR count). The molecule has 1 N–H and O–H groups in total. The van der Waals surface area contributed by atoms with Crippen molar-refractivity contribution in [2.24, 2.45) is 5.92 Å². The molecule has 0 saturated heterocycles. The van der Waals surface area contributed by atoms with E-state index in [0.717, 1.165) is 58.5 Å². The highest BCUT2D eigenvalue weighted by atomic mass is 16.5. The average molecular weight is 244 g/mol. The smallest absolute Gasteiger partial charge is 0.0593 e. The Morgan fingerprint density at radius 1 is 1.12 bits per heavy atom. The number of nitrogens with zero attached hydrogens (tertiary/aromatic N) is 1. The number of hydrogen-bond acceptors (Lipinski definition) is 4. The van der Waals surface area contributed by atoms with Crippen molar-refractivity contribution in [2.75, 3.05) is 59.7 Å². The molecule has 0 spiro atoms. The summed E-state index contributed by atoms with van der Waals surface area (Å²) < 4.78 is 10.9. The lowest BCUT2D eigenvalue weighted by Gasteiger charge is -2.16. The summed E-state index contributed by atoms with van der Waals surface area (Å²) in [6, 6.07) is 0. The maximum Gasteiger partial charge on any atom is 0.0593 e. The topological polar surface area (TPSA) is 33.7 Å². The zero-order valence-electron chi connectivity index (χ0n) is 11.4. The molecule has 0 unspecified atom stereocenters. The van der Waals surface area contributed by atoms with E-state index in [1.165, 1.54) is 12.8 Å². The molecule has 0 amide bonds. The fraction of sp³-hybridized carbons (Fsp3) is 1.00. The predicted octanol–water partition coefficient (Wildman–Crippen LogP) is 0.971. The van der Waals surface area contributed by atoms with Crippen molar-refractivity contribution in [1.29, 1.82) is 0 Å². The second-order valence-electron chi connectivity index (χ2n) is 4.77. The van der Waals surface area contributed by atoms with Gasteiger partial charge in [0.1, 0.15) is 0 Å². The molecule has 0 radical (unpaired) electrons. The van der Waals surface area contributed by atoms with E-state index in [9.17, 15) is 0 Å². The fourth-order valence-electron chi connectivity index (χ4n) is 1.55. The van der Waals surface area contributed by atoms with E-state index in [0.29, 0.717) is 0 Å². The van der Waals surface area contributed by atoms with Crippen molar-refractivity contribution in [3.05, 3.63) is 0 Å². The van der Waals surface area contributed by atoms with Crippen LogP contribution in [-0.2, 0) is 9.47 Å². The first-order valence-corrected chi connectivity index (χ1v) is 6.87. The van der Waals surface area contributed by atoms with Gasteiger partial charge in [0.15, 0.2) is 0 Å². The summed E-state index contributed by atoms with van der Waals surface area (Å²) in [7, 11) is 2.14. The van der Waals surface area contributed by atoms with E-state index in [2.05, 4.69) is 17.3 Å². The number of ether oxygens (including phenoxy) is 2. The highest BCUT2D eigenvalue weighted by Crippen LogP contribution is 2.28. The van der Waals surface area contributed by atoms with Crippen molar-refractivity contribution >= 4 is 0 Å². The largest absolute Gasteiger partial charge is 0.380 e. The van der Waals surface area contributed by atoms with Crippen LogP contribution >= 0.6 is 0 Å². The number of rotatable bonds is 12. The molecule has 17 heavy (non-hydrogen) atoms. The van der Waals surface area contributed by atoms with E-state index < -0.39 is 0 Å². The lowest BCUT2D eigenvalue weighted by molar-refractivity contribution is 0.103. The maximum atomic E-state index is 5.61. The SMILES string of the molecule is CCOCCNCCN(C)CCOCC1CC1. The van der Waals surface area contributed by atoms with E-state index in [1.807, 2.05) is 6.92 Å². The van der Waals surface area contributed by atoms with Crippen molar-refractivity contribution < 1.29 is 9.47 Å². The Morgan fingerprint density at radius 2 is 1.94 bits per heavy atom. The molecule has 0 aromatic rings. The van der Waals surface area contributed by atoms with Crippen LogP contribution in [-0.4, -0.2) is 64.6 Å². The molecule has 0 aromatic carbocycles. The van der Waals surface area contributed by atoms with Gasteiger partial charge in [0.05, 0.1) is 13.2 Å². The molecule has 0 bridgehead atoms. The molecular formula is C13H28N2O2. The predicted molar refractivity (Wildman–Crippen MR) is 70.4 cm³/mol. The van der Waals surface area contributed by atoms with Gasteiger partial charge < -0.3 is 19.7 Å². The van der Waals surface area contributed by atoms with Crippen molar-refractivity contribution in [3.8, 4) is 0 Å². The summed E-state index contributed by atoms with van der Waals surface area (Å²) in [5.74, 6) is 0.875. The van der Waals surface area contributed by atoms with Gasteiger partial charge in [-0.1, -0.05) is 0 Å². The Bertz CT molecular complexity index is 175. The fourth-order valence-corrected chi connectivity index (χ4v) is 1.55. The second-order valence-corrected chi connectivity index (χ2v) is 4.77. The zero-order chi connectivity index (χ0) is 12.3. The van der Waals surface area contributed by atoms with Gasteiger partial charge in [-0.15, -0.1) is 0 Å². The van der Waals surface area contributed by atoms with E-state index in [-0.39, 0.29) is 0 Å². The Labute approximate surface area is 106 Å². The van der Waals surface area contributed by atoms with Crippen LogP contribution in [0.1, 0.15) is 19.8 Å². The first kappa shape index (κ1) is 14.9. The minimum absolute atomic E-state index is 0.805. The Balaban J connectivity index is 1.75. The van der Waals surface area contributed by atoms with Gasteiger partial charge in [0.25, 0.3) is 0 Å². The minimum Gasteiger partial charge on any atom is -0.380 e. The Kier molecular flexibility index (Phi) is 8.61. The standard InChI is InChI=1S/C13H28N2O2/c1-3-16-10-7-14-6-8-15(2)9-11-17-12-13-4-5-13/h13-14H,3-12H2,1-2H3. The molecule has 0 aromatic heterocycles. The molecule has 102 valence electrons. The normalized spacial score (nSPS) is 15.7. The summed E-state index contributed by atoms with van der Waals surface area (Å²) in [4.78, 5) is 2.31. The van der Waals surface area contributed by atoms with Gasteiger partial charge in [-0.05, 0) is 32.7 Å². The molecule has 0 atom stereocenters. The summed E-state index contributed by atoms with van der Waals surface area (Å²) in [5, 5.41) is 3.36. The molecule has 0 heterocycles. The average Bonchev–Trinajstić information content (AvgIpc) is 3.13. The first-order chi connectivity index (χ1) is 8.33. The quantitative estimate of drug-likeness (QED) is 0.519. The molecule has 4 heteroatoms. The minimum atomic E-state index is 0.805. The van der Waals surface area contributed by atoms with E-state index in [1.54, 1.807) is 0 Å². The van der Waals surface area contributed by atoms with Gasteiger partial charge in [-0.2, -0.15) is 0 Å². The maximum absolute atomic E-state index is 5.61. The monoisotopic (exact) mass is 244 g/mol. The number of nitrogens with one attached hydrogen (secondary N) is 1. The highest BCUT2D eigenvalue weighted by Gasteiger charge is 2.20. The van der Waals surface area contributed by atoms with Gasteiger partial charge in [-0.3, -0.25) is 0 Å². The van der Waals surface area contributed by atoms with Gasteiger partial charge in [0, 0.05) is 39.4 Å². The van der Waals surface area contributed by atoms with Crippen LogP contribution in [0.2, 0.25) is 0 Å². The molecule has 4 nitrogen and oxygen atoms in total. The van der Waals surface area contributed by atoms with E-state index >= 15 is 0 Å².